The monoisotopic (exact) mass is 527 g/mol. The molecule has 0 fully saturated rings. The van der Waals surface area contributed by atoms with Gasteiger partial charge in [0.05, 0.1) is 17.9 Å². The Morgan fingerprint density at radius 2 is 1.63 bits per heavy atom. The molecule has 5 aromatic rings. The number of rotatable bonds is 6. The van der Waals surface area contributed by atoms with Crippen molar-refractivity contribution < 1.29 is 9.21 Å². The van der Waals surface area contributed by atoms with E-state index in [1.54, 1.807) is 30.5 Å². The first kappa shape index (κ1) is 22.7. The summed E-state index contributed by atoms with van der Waals surface area (Å²) in [5.74, 6) is 1.34. The van der Waals surface area contributed by atoms with E-state index < -0.39 is 0 Å². The summed E-state index contributed by atoms with van der Waals surface area (Å²) in [7, 11) is 0. The second-order valence-corrected chi connectivity index (χ2v) is 9.16. The number of benzene rings is 3. The van der Waals surface area contributed by atoms with Gasteiger partial charge in [0.2, 0.25) is 11.8 Å². The molecule has 0 aliphatic carbocycles. The van der Waals surface area contributed by atoms with Gasteiger partial charge in [-0.2, -0.15) is 0 Å². The normalized spacial score (nSPS) is 11.9. The Hall–Kier alpha value is -4.04. The molecular weight excluding hydrogens is 506 g/mol. The van der Waals surface area contributed by atoms with Crippen LogP contribution in [0.15, 0.2) is 87.9 Å². The molecule has 174 valence electrons. The van der Waals surface area contributed by atoms with E-state index in [0.717, 1.165) is 32.4 Å². The van der Waals surface area contributed by atoms with Gasteiger partial charge < -0.3 is 14.7 Å². The van der Waals surface area contributed by atoms with E-state index in [0.29, 0.717) is 23.2 Å². The molecule has 0 radical (unpaired) electrons. The largest absolute Gasteiger partial charge is 0.416 e. The van der Waals surface area contributed by atoms with Crippen LogP contribution in [0.1, 0.15) is 34.7 Å². The highest BCUT2D eigenvalue weighted by molar-refractivity contribution is 9.10. The predicted molar refractivity (Wildman–Crippen MR) is 138 cm³/mol. The zero-order chi connectivity index (χ0) is 24.4. The summed E-state index contributed by atoms with van der Waals surface area (Å²) >= 11 is 3.44. The van der Waals surface area contributed by atoms with Crippen LogP contribution in [-0.4, -0.2) is 26.1 Å². The molecule has 0 spiro atoms. The highest BCUT2D eigenvalue weighted by Gasteiger charge is 2.16. The number of aryl methyl sites for hydroxylation is 1. The third-order valence-corrected chi connectivity index (χ3v) is 6.12. The van der Waals surface area contributed by atoms with Crippen LogP contribution in [-0.2, 0) is 0 Å². The predicted octanol–water partition coefficient (Wildman–Crippen LogP) is 6.36. The van der Waals surface area contributed by atoms with E-state index >= 15 is 0 Å². The number of nitrogens with one attached hydrogen (secondary N) is 2. The van der Waals surface area contributed by atoms with Gasteiger partial charge in [0.1, 0.15) is 5.82 Å². The summed E-state index contributed by atoms with van der Waals surface area (Å²) in [4.78, 5) is 20.5. The average molecular weight is 528 g/mol. The molecule has 0 saturated carbocycles. The molecule has 0 bridgehead atoms. The van der Waals surface area contributed by atoms with Gasteiger partial charge in [0, 0.05) is 21.2 Å². The van der Waals surface area contributed by atoms with Crippen LogP contribution in [0, 0.1) is 6.92 Å². The van der Waals surface area contributed by atoms with Gasteiger partial charge in [-0.1, -0.05) is 45.8 Å². The van der Waals surface area contributed by atoms with Crippen molar-refractivity contribution in [3.63, 3.8) is 0 Å². The lowest BCUT2D eigenvalue weighted by Crippen LogP contribution is -2.27. The Balaban J connectivity index is 1.25. The van der Waals surface area contributed by atoms with Crippen LogP contribution in [0.3, 0.4) is 0 Å². The standard InChI is InChI=1S/C27H22BrN5O2/c1-16-4-3-5-21(14-16)27-33-32-26(35-27)20-8-6-19(7-9-20)25(34)30-17(2)24-29-15-23(31-24)18-10-12-22(28)13-11-18/h3-15,17H,1-2H3,(H,29,31)(H,30,34). The van der Waals surface area contributed by atoms with E-state index in [2.05, 4.69) is 41.4 Å². The van der Waals surface area contributed by atoms with Gasteiger partial charge in [-0.05, 0) is 67.9 Å². The molecule has 0 aliphatic rings. The summed E-state index contributed by atoms with van der Waals surface area (Å²) in [5, 5.41) is 11.3. The van der Waals surface area contributed by atoms with Crippen molar-refractivity contribution in [2.75, 3.05) is 0 Å². The molecule has 1 atom stereocenters. The Kier molecular flexibility index (Phi) is 6.29. The number of H-pyrrole nitrogens is 1. The first-order valence-electron chi connectivity index (χ1n) is 11.1. The molecule has 2 heterocycles. The molecular formula is C27H22BrN5O2. The van der Waals surface area contributed by atoms with E-state index in [9.17, 15) is 4.79 Å². The van der Waals surface area contributed by atoms with Gasteiger partial charge >= 0.3 is 0 Å². The van der Waals surface area contributed by atoms with Crippen molar-refractivity contribution in [2.45, 2.75) is 19.9 Å². The van der Waals surface area contributed by atoms with Gasteiger partial charge in [0.15, 0.2) is 0 Å². The van der Waals surface area contributed by atoms with Crippen LogP contribution in [0.25, 0.3) is 34.2 Å². The second kappa shape index (κ2) is 9.68. The topological polar surface area (TPSA) is 96.7 Å². The number of aromatic amines is 1. The summed E-state index contributed by atoms with van der Waals surface area (Å²) in [6, 6.07) is 22.6. The Morgan fingerprint density at radius 1 is 0.943 bits per heavy atom. The third kappa shape index (κ3) is 5.07. The van der Waals surface area contributed by atoms with Crippen LogP contribution in [0.5, 0.6) is 0 Å². The summed E-state index contributed by atoms with van der Waals surface area (Å²) in [5.41, 5.74) is 5.17. The highest BCUT2D eigenvalue weighted by atomic mass is 79.9. The van der Waals surface area contributed by atoms with Crippen molar-refractivity contribution in [2.24, 2.45) is 0 Å². The van der Waals surface area contributed by atoms with E-state index in [-0.39, 0.29) is 11.9 Å². The van der Waals surface area contributed by atoms with Gasteiger partial charge in [-0.25, -0.2) is 4.98 Å². The minimum absolute atomic E-state index is 0.198. The van der Waals surface area contributed by atoms with Crippen molar-refractivity contribution in [1.82, 2.24) is 25.5 Å². The number of nitrogens with zero attached hydrogens (tertiary/aromatic N) is 3. The smallest absolute Gasteiger partial charge is 0.251 e. The second-order valence-electron chi connectivity index (χ2n) is 8.24. The number of imidazole rings is 1. The van der Waals surface area contributed by atoms with Gasteiger partial charge in [-0.15, -0.1) is 10.2 Å². The fourth-order valence-electron chi connectivity index (χ4n) is 3.68. The summed E-state index contributed by atoms with van der Waals surface area (Å²) < 4.78 is 6.85. The van der Waals surface area contributed by atoms with Crippen molar-refractivity contribution >= 4 is 21.8 Å². The molecule has 7 nitrogen and oxygen atoms in total. The zero-order valence-electron chi connectivity index (χ0n) is 19.1. The molecule has 1 unspecified atom stereocenters. The quantitative estimate of drug-likeness (QED) is 0.268. The number of halogens is 1. The molecule has 8 heteroatoms. The number of carbonyl (C=O) groups is 1. The van der Waals surface area contributed by atoms with Crippen LogP contribution in [0.4, 0.5) is 0 Å². The maximum absolute atomic E-state index is 12.8. The SMILES string of the molecule is Cc1cccc(-c2nnc(-c3ccc(C(=O)NC(C)c4ncc(-c5ccc(Br)cc5)[nH]4)cc3)o2)c1. The maximum atomic E-state index is 12.8. The number of amides is 1. The lowest BCUT2D eigenvalue weighted by atomic mass is 10.1. The number of aromatic nitrogens is 4. The van der Waals surface area contributed by atoms with Crippen LogP contribution in [0.2, 0.25) is 0 Å². The van der Waals surface area contributed by atoms with Gasteiger partial charge in [0.25, 0.3) is 5.91 Å². The fraction of sp³-hybridized carbons (Fsp3) is 0.111. The van der Waals surface area contributed by atoms with Crippen molar-refractivity contribution in [3.8, 4) is 34.2 Å². The number of carbonyl (C=O) groups excluding carboxylic acids is 1. The van der Waals surface area contributed by atoms with E-state index in [4.69, 9.17) is 4.42 Å². The lowest BCUT2D eigenvalue weighted by molar-refractivity contribution is 0.0938. The van der Waals surface area contributed by atoms with Crippen LogP contribution < -0.4 is 5.32 Å². The maximum Gasteiger partial charge on any atom is 0.251 e. The zero-order valence-corrected chi connectivity index (χ0v) is 20.7. The average Bonchev–Trinajstić information content (AvgIpc) is 3.55. The highest BCUT2D eigenvalue weighted by Crippen LogP contribution is 2.25. The Morgan fingerprint density at radius 3 is 2.34 bits per heavy atom. The summed E-state index contributed by atoms with van der Waals surface area (Å²) in [6.07, 6.45) is 1.77. The minimum Gasteiger partial charge on any atom is -0.416 e. The molecule has 0 aliphatic heterocycles. The Bertz CT molecular complexity index is 1470. The van der Waals surface area contributed by atoms with E-state index in [1.807, 2.05) is 62.4 Å². The number of hydrogen-bond acceptors (Lipinski definition) is 5. The number of hydrogen-bond donors (Lipinski definition) is 2. The molecule has 2 N–H and O–H groups in total. The van der Waals surface area contributed by atoms with Gasteiger partial charge in [-0.3, -0.25) is 4.79 Å². The molecule has 3 aromatic carbocycles. The molecule has 2 aromatic heterocycles. The molecule has 5 rings (SSSR count). The molecule has 0 saturated heterocycles. The van der Waals surface area contributed by atoms with E-state index in [1.165, 1.54) is 0 Å². The molecule has 35 heavy (non-hydrogen) atoms. The van der Waals surface area contributed by atoms with Crippen molar-refractivity contribution in [3.05, 3.63) is 100 Å². The first-order valence-corrected chi connectivity index (χ1v) is 11.9. The minimum atomic E-state index is -0.292. The molecule has 1 amide bonds. The van der Waals surface area contributed by atoms with Crippen molar-refractivity contribution in [1.29, 1.82) is 0 Å². The summed E-state index contributed by atoms with van der Waals surface area (Å²) in [6.45, 7) is 3.90. The third-order valence-electron chi connectivity index (χ3n) is 5.59. The van der Waals surface area contributed by atoms with Crippen LogP contribution >= 0.6 is 15.9 Å². The first-order chi connectivity index (χ1) is 17.0. The Labute approximate surface area is 210 Å². The fourth-order valence-corrected chi connectivity index (χ4v) is 3.94. The lowest BCUT2D eigenvalue weighted by Gasteiger charge is -2.12.